The summed E-state index contributed by atoms with van der Waals surface area (Å²) in [4.78, 5) is 11.6. The van der Waals surface area contributed by atoms with Crippen LogP contribution < -0.4 is 0 Å². The molecule has 0 amide bonds. The fourth-order valence-corrected chi connectivity index (χ4v) is 2.93. The van der Waals surface area contributed by atoms with Crippen molar-refractivity contribution in [2.75, 3.05) is 0 Å². The van der Waals surface area contributed by atoms with Crippen LogP contribution in [0.5, 0.6) is 0 Å². The zero-order valence-electron chi connectivity index (χ0n) is 10.4. The summed E-state index contributed by atoms with van der Waals surface area (Å²) >= 11 is 12.2. The van der Waals surface area contributed by atoms with E-state index < -0.39 is 5.97 Å². The molecule has 0 spiro atoms. The van der Waals surface area contributed by atoms with Crippen molar-refractivity contribution in [3.8, 4) is 11.3 Å². The highest BCUT2D eigenvalue weighted by Gasteiger charge is 2.33. The molecule has 6 heteroatoms. The van der Waals surface area contributed by atoms with E-state index in [1.165, 1.54) is 0 Å². The van der Waals surface area contributed by atoms with Gasteiger partial charge in [-0.15, -0.1) is 0 Å². The summed E-state index contributed by atoms with van der Waals surface area (Å²) in [6.07, 6.45) is 2.92. The van der Waals surface area contributed by atoms with Crippen molar-refractivity contribution in [3.05, 3.63) is 39.6 Å². The molecule has 3 rings (SSSR count). The van der Waals surface area contributed by atoms with Crippen LogP contribution in [0.3, 0.4) is 0 Å². The molecule has 2 aromatic rings. The summed E-state index contributed by atoms with van der Waals surface area (Å²) in [5, 5.41) is 14.1. The lowest BCUT2D eigenvalue weighted by Crippen LogP contribution is -2.12. The SMILES string of the molecule is O=C(O)c1c(-c2c(Cl)cccc2Cl)noc1C1CCC1. The number of hydrogen-bond acceptors (Lipinski definition) is 3. The van der Waals surface area contributed by atoms with Crippen LogP contribution >= 0.6 is 23.2 Å². The lowest BCUT2D eigenvalue weighted by Gasteiger charge is -2.22. The van der Waals surface area contributed by atoms with Gasteiger partial charge in [-0.3, -0.25) is 0 Å². The second kappa shape index (κ2) is 5.11. The van der Waals surface area contributed by atoms with Gasteiger partial charge in [-0.1, -0.05) is 40.8 Å². The summed E-state index contributed by atoms with van der Waals surface area (Å²) in [6.45, 7) is 0. The minimum atomic E-state index is -1.07. The number of carboxylic acid groups (broad SMARTS) is 1. The average Bonchev–Trinajstić information content (AvgIpc) is 2.71. The summed E-state index contributed by atoms with van der Waals surface area (Å²) in [5.41, 5.74) is 0.683. The third-order valence-corrected chi connectivity index (χ3v) is 4.24. The minimum Gasteiger partial charge on any atom is -0.477 e. The van der Waals surface area contributed by atoms with Crippen molar-refractivity contribution in [2.45, 2.75) is 25.2 Å². The number of hydrogen-bond donors (Lipinski definition) is 1. The van der Waals surface area contributed by atoms with Crippen LogP contribution in [-0.4, -0.2) is 16.2 Å². The Bertz CT molecular complexity index is 657. The van der Waals surface area contributed by atoms with E-state index in [-0.39, 0.29) is 17.2 Å². The smallest absolute Gasteiger partial charge is 0.341 e. The van der Waals surface area contributed by atoms with Crippen LogP contribution in [0.25, 0.3) is 11.3 Å². The molecular weight excluding hydrogens is 301 g/mol. The number of aromatic carboxylic acids is 1. The predicted molar refractivity (Wildman–Crippen MR) is 75.5 cm³/mol. The van der Waals surface area contributed by atoms with E-state index in [1.807, 2.05) is 0 Å². The quantitative estimate of drug-likeness (QED) is 0.898. The molecule has 0 atom stereocenters. The molecule has 0 bridgehead atoms. The van der Waals surface area contributed by atoms with Gasteiger partial charge >= 0.3 is 5.97 Å². The maximum Gasteiger partial charge on any atom is 0.341 e. The molecule has 0 radical (unpaired) electrons. The van der Waals surface area contributed by atoms with E-state index in [0.717, 1.165) is 19.3 Å². The molecule has 4 nitrogen and oxygen atoms in total. The molecule has 1 heterocycles. The molecule has 20 heavy (non-hydrogen) atoms. The number of aromatic nitrogens is 1. The van der Waals surface area contributed by atoms with Crippen molar-refractivity contribution in [2.24, 2.45) is 0 Å². The highest BCUT2D eigenvalue weighted by Crippen LogP contribution is 2.43. The summed E-state index contributed by atoms with van der Waals surface area (Å²) < 4.78 is 5.28. The summed E-state index contributed by atoms with van der Waals surface area (Å²) in [5.74, 6) is -0.516. The topological polar surface area (TPSA) is 63.3 Å². The van der Waals surface area contributed by atoms with Gasteiger partial charge in [-0.05, 0) is 25.0 Å². The lowest BCUT2D eigenvalue weighted by molar-refractivity contribution is 0.0693. The van der Waals surface area contributed by atoms with Crippen LogP contribution in [-0.2, 0) is 0 Å². The Balaban J connectivity index is 2.19. The number of benzene rings is 1. The van der Waals surface area contributed by atoms with E-state index in [4.69, 9.17) is 27.7 Å². The van der Waals surface area contributed by atoms with Crippen LogP contribution in [0.15, 0.2) is 22.7 Å². The number of carbonyl (C=O) groups is 1. The second-order valence-electron chi connectivity index (χ2n) is 4.80. The van der Waals surface area contributed by atoms with E-state index in [1.54, 1.807) is 18.2 Å². The first kappa shape index (κ1) is 13.5. The molecule has 1 fully saturated rings. The third kappa shape index (κ3) is 2.09. The van der Waals surface area contributed by atoms with E-state index in [0.29, 0.717) is 21.4 Å². The van der Waals surface area contributed by atoms with Gasteiger partial charge in [-0.2, -0.15) is 0 Å². The van der Waals surface area contributed by atoms with Gasteiger partial charge in [-0.25, -0.2) is 4.79 Å². The van der Waals surface area contributed by atoms with Gasteiger partial charge < -0.3 is 9.63 Å². The highest BCUT2D eigenvalue weighted by atomic mass is 35.5. The van der Waals surface area contributed by atoms with Gasteiger partial charge in [0.2, 0.25) is 0 Å². The molecule has 1 aromatic carbocycles. The molecule has 0 unspecified atom stereocenters. The largest absolute Gasteiger partial charge is 0.477 e. The number of halogens is 2. The molecule has 1 saturated carbocycles. The molecule has 1 aliphatic rings. The van der Waals surface area contributed by atoms with Crippen LogP contribution in [0.4, 0.5) is 0 Å². The first-order valence-electron chi connectivity index (χ1n) is 6.27. The number of nitrogens with zero attached hydrogens (tertiary/aromatic N) is 1. The van der Waals surface area contributed by atoms with Gasteiger partial charge in [0.15, 0.2) is 5.76 Å². The van der Waals surface area contributed by atoms with Crippen LogP contribution in [0.2, 0.25) is 10.0 Å². The average molecular weight is 312 g/mol. The minimum absolute atomic E-state index is 0.0738. The maximum absolute atomic E-state index is 11.6. The van der Waals surface area contributed by atoms with Gasteiger partial charge in [0.05, 0.1) is 10.0 Å². The first-order chi connectivity index (χ1) is 9.59. The third-order valence-electron chi connectivity index (χ3n) is 3.61. The predicted octanol–water partition coefficient (Wildman–Crippen LogP) is 4.61. The fraction of sp³-hybridized carbons (Fsp3) is 0.286. The molecule has 1 N–H and O–H groups in total. The maximum atomic E-state index is 11.6. The van der Waals surface area contributed by atoms with Crippen molar-refractivity contribution < 1.29 is 14.4 Å². The van der Waals surface area contributed by atoms with E-state index in [2.05, 4.69) is 5.16 Å². The standard InChI is InChI=1S/C14H11Cl2NO3/c15-8-5-2-6-9(16)10(8)12-11(14(18)19)13(20-17-12)7-3-1-4-7/h2,5-7H,1,3-4H2,(H,18,19). The summed E-state index contributed by atoms with van der Waals surface area (Å²) in [7, 11) is 0. The summed E-state index contributed by atoms with van der Waals surface area (Å²) in [6, 6.07) is 4.99. The number of carboxylic acids is 1. The van der Waals surface area contributed by atoms with Gasteiger partial charge in [0.1, 0.15) is 11.3 Å². The molecule has 1 aromatic heterocycles. The Morgan fingerprint density at radius 2 is 1.95 bits per heavy atom. The molecular formula is C14H11Cl2NO3. The zero-order chi connectivity index (χ0) is 14.3. The Kier molecular flexibility index (Phi) is 3.44. The van der Waals surface area contributed by atoms with E-state index in [9.17, 15) is 9.90 Å². The molecule has 0 aliphatic heterocycles. The highest BCUT2D eigenvalue weighted by molar-refractivity contribution is 6.39. The zero-order valence-corrected chi connectivity index (χ0v) is 11.9. The Morgan fingerprint density at radius 3 is 2.45 bits per heavy atom. The monoisotopic (exact) mass is 311 g/mol. The Morgan fingerprint density at radius 1 is 1.30 bits per heavy atom. The first-order valence-corrected chi connectivity index (χ1v) is 7.02. The van der Waals surface area contributed by atoms with Crippen LogP contribution in [0, 0.1) is 0 Å². The second-order valence-corrected chi connectivity index (χ2v) is 5.61. The van der Waals surface area contributed by atoms with Crippen molar-refractivity contribution >= 4 is 29.2 Å². The normalized spacial score (nSPS) is 15.1. The number of rotatable bonds is 3. The van der Waals surface area contributed by atoms with E-state index >= 15 is 0 Å². The molecule has 104 valence electrons. The van der Waals surface area contributed by atoms with Crippen molar-refractivity contribution in [1.29, 1.82) is 0 Å². The molecule has 1 aliphatic carbocycles. The van der Waals surface area contributed by atoms with Crippen LogP contribution in [0.1, 0.15) is 41.3 Å². The van der Waals surface area contributed by atoms with Crippen molar-refractivity contribution in [1.82, 2.24) is 5.16 Å². The Hall–Kier alpha value is -1.52. The van der Waals surface area contributed by atoms with Crippen molar-refractivity contribution in [3.63, 3.8) is 0 Å². The Labute approximate surface area is 125 Å². The van der Waals surface area contributed by atoms with Gasteiger partial charge in [0.25, 0.3) is 0 Å². The fourth-order valence-electron chi connectivity index (χ4n) is 2.35. The lowest BCUT2D eigenvalue weighted by atomic mass is 9.81. The van der Waals surface area contributed by atoms with Gasteiger partial charge in [0, 0.05) is 11.5 Å². The molecule has 0 saturated heterocycles.